The molecule has 120 valence electrons. The fourth-order valence-electron chi connectivity index (χ4n) is 2.03. The molecule has 1 aromatic rings. The van der Waals surface area contributed by atoms with Crippen LogP contribution in [0.25, 0.3) is 0 Å². The van der Waals surface area contributed by atoms with E-state index in [0.29, 0.717) is 6.54 Å². The first kappa shape index (κ1) is 18.1. The lowest BCUT2D eigenvalue weighted by molar-refractivity contribution is 0.437. The van der Waals surface area contributed by atoms with Crippen LogP contribution in [0.1, 0.15) is 25.3 Å². The van der Waals surface area contributed by atoms with Gasteiger partial charge in [0.2, 0.25) is 0 Å². The Balaban J connectivity index is 2.39. The maximum atomic E-state index is 12.1. The van der Waals surface area contributed by atoms with Gasteiger partial charge in [-0.3, -0.25) is 0 Å². The molecule has 0 aliphatic rings. The van der Waals surface area contributed by atoms with Crippen LogP contribution in [0.2, 0.25) is 0 Å². The Hall–Kier alpha value is -0.950. The number of aryl methyl sites for hydroxylation is 1. The molecule has 0 radical (unpaired) electrons. The first-order valence-corrected chi connectivity index (χ1v) is 8.82. The Morgan fingerprint density at radius 3 is 2.52 bits per heavy atom. The molecule has 0 fully saturated rings. The molecular weight excluding hydrogens is 286 g/mol. The Morgan fingerprint density at radius 1 is 1.24 bits per heavy atom. The molecule has 0 heterocycles. The molecule has 1 rings (SSSR count). The van der Waals surface area contributed by atoms with Crippen molar-refractivity contribution in [2.45, 2.75) is 32.2 Å². The zero-order chi connectivity index (χ0) is 15.7. The van der Waals surface area contributed by atoms with Crippen LogP contribution in [0, 0.1) is 0 Å². The van der Waals surface area contributed by atoms with E-state index in [4.69, 9.17) is 0 Å². The molecule has 6 heteroatoms. The summed E-state index contributed by atoms with van der Waals surface area (Å²) in [6, 6.07) is 10.0. The van der Waals surface area contributed by atoms with Crippen molar-refractivity contribution >= 4 is 10.2 Å². The third kappa shape index (κ3) is 7.04. The standard InChI is InChI=1S/C15H27N3O2S/c1-14(10-11-15-8-5-4-6-9-15)17-21(19,20)18(3)13-7-12-16-2/h4-6,8-9,14,16-17H,7,10-13H2,1-3H3. The topological polar surface area (TPSA) is 61.4 Å². The van der Waals surface area contributed by atoms with E-state index in [1.807, 2.05) is 32.2 Å². The number of rotatable bonds is 10. The Kier molecular flexibility index (Phi) is 7.88. The molecule has 5 nitrogen and oxygen atoms in total. The van der Waals surface area contributed by atoms with Crippen molar-refractivity contribution in [2.75, 3.05) is 27.2 Å². The number of hydrogen-bond donors (Lipinski definition) is 2. The fraction of sp³-hybridized carbons (Fsp3) is 0.600. The van der Waals surface area contributed by atoms with Crippen LogP contribution in [0.4, 0.5) is 0 Å². The van der Waals surface area contributed by atoms with E-state index in [1.165, 1.54) is 9.87 Å². The SMILES string of the molecule is CNCCCN(C)S(=O)(=O)NC(C)CCc1ccccc1. The van der Waals surface area contributed by atoms with E-state index in [9.17, 15) is 8.42 Å². The quantitative estimate of drug-likeness (QED) is 0.642. The minimum absolute atomic E-state index is 0.0815. The average molecular weight is 313 g/mol. The van der Waals surface area contributed by atoms with E-state index in [0.717, 1.165) is 25.8 Å². The van der Waals surface area contributed by atoms with Crippen LogP contribution in [0.5, 0.6) is 0 Å². The number of nitrogens with zero attached hydrogens (tertiary/aromatic N) is 1. The van der Waals surface area contributed by atoms with Crippen LogP contribution in [0.3, 0.4) is 0 Å². The predicted octanol–water partition coefficient (Wildman–Crippen LogP) is 1.38. The summed E-state index contributed by atoms with van der Waals surface area (Å²) in [6.07, 6.45) is 2.45. The van der Waals surface area contributed by atoms with Gasteiger partial charge in [0.1, 0.15) is 0 Å². The summed E-state index contributed by atoms with van der Waals surface area (Å²) in [5, 5.41) is 3.01. The molecule has 0 aliphatic carbocycles. The highest BCUT2D eigenvalue weighted by Gasteiger charge is 2.19. The van der Waals surface area contributed by atoms with Gasteiger partial charge in [-0.2, -0.15) is 17.4 Å². The second-order valence-electron chi connectivity index (χ2n) is 5.33. The highest BCUT2D eigenvalue weighted by Crippen LogP contribution is 2.06. The fourth-order valence-corrected chi connectivity index (χ4v) is 3.21. The van der Waals surface area contributed by atoms with E-state index < -0.39 is 10.2 Å². The minimum atomic E-state index is -3.39. The Bertz CT molecular complexity index is 491. The molecule has 1 unspecified atom stereocenters. The van der Waals surface area contributed by atoms with Gasteiger partial charge >= 0.3 is 0 Å². The smallest absolute Gasteiger partial charge is 0.279 e. The van der Waals surface area contributed by atoms with Crippen LogP contribution in [-0.4, -0.2) is 45.9 Å². The summed E-state index contributed by atoms with van der Waals surface area (Å²) >= 11 is 0. The van der Waals surface area contributed by atoms with E-state index in [2.05, 4.69) is 22.2 Å². The van der Waals surface area contributed by atoms with Crippen molar-refractivity contribution < 1.29 is 8.42 Å². The van der Waals surface area contributed by atoms with Crippen molar-refractivity contribution in [2.24, 2.45) is 0 Å². The van der Waals surface area contributed by atoms with Crippen LogP contribution >= 0.6 is 0 Å². The molecule has 0 spiro atoms. The lowest BCUT2D eigenvalue weighted by Crippen LogP contribution is -2.43. The van der Waals surface area contributed by atoms with Crippen LogP contribution in [-0.2, 0) is 16.6 Å². The third-order valence-electron chi connectivity index (χ3n) is 3.37. The van der Waals surface area contributed by atoms with E-state index >= 15 is 0 Å². The lowest BCUT2D eigenvalue weighted by atomic mass is 10.1. The zero-order valence-corrected chi connectivity index (χ0v) is 14.0. The van der Waals surface area contributed by atoms with Gasteiger partial charge < -0.3 is 5.32 Å². The van der Waals surface area contributed by atoms with Crippen molar-refractivity contribution in [3.63, 3.8) is 0 Å². The largest absolute Gasteiger partial charge is 0.320 e. The molecule has 0 bridgehead atoms. The van der Waals surface area contributed by atoms with Gasteiger partial charge in [0.25, 0.3) is 10.2 Å². The molecule has 1 atom stereocenters. The molecule has 0 aromatic heterocycles. The number of nitrogens with one attached hydrogen (secondary N) is 2. The first-order valence-electron chi connectivity index (χ1n) is 7.38. The van der Waals surface area contributed by atoms with Crippen LogP contribution in [0.15, 0.2) is 30.3 Å². The Morgan fingerprint density at radius 2 is 1.90 bits per heavy atom. The molecule has 0 amide bonds. The van der Waals surface area contributed by atoms with Gasteiger partial charge in [-0.25, -0.2) is 0 Å². The minimum Gasteiger partial charge on any atom is -0.320 e. The van der Waals surface area contributed by atoms with Gasteiger partial charge in [0, 0.05) is 19.6 Å². The molecule has 2 N–H and O–H groups in total. The molecule has 21 heavy (non-hydrogen) atoms. The van der Waals surface area contributed by atoms with Gasteiger partial charge in [0.05, 0.1) is 0 Å². The second kappa shape index (κ2) is 9.15. The van der Waals surface area contributed by atoms with Crippen molar-refractivity contribution in [1.82, 2.24) is 14.3 Å². The summed E-state index contributed by atoms with van der Waals surface area (Å²) in [7, 11) is 0.0837. The molecule has 0 aliphatic heterocycles. The second-order valence-corrected chi connectivity index (χ2v) is 7.14. The number of benzene rings is 1. The van der Waals surface area contributed by atoms with E-state index in [1.54, 1.807) is 7.05 Å². The van der Waals surface area contributed by atoms with Crippen molar-refractivity contribution in [1.29, 1.82) is 0 Å². The highest BCUT2D eigenvalue weighted by atomic mass is 32.2. The molecule has 0 saturated heterocycles. The maximum Gasteiger partial charge on any atom is 0.279 e. The maximum absolute atomic E-state index is 12.1. The third-order valence-corrected chi connectivity index (χ3v) is 5.07. The molecular formula is C15H27N3O2S. The van der Waals surface area contributed by atoms with Gasteiger partial charge in [-0.15, -0.1) is 0 Å². The summed E-state index contributed by atoms with van der Waals surface area (Å²) in [5.41, 5.74) is 1.23. The average Bonchev–Trinajstić information content (AvgIpc) is 2.46. The van der Waals surface area contributed by atoms with Crippen molar-refractivity contribution in [3.05, 3.63) is 35.9 Å². The van der Waals surface area contributed by atoms with Crippen molar-refractivity contribution in [3.8, 4) is 0 Å². The summed E-state index contributed by atoms with van der Waals surface area (Å²) in [6.45, 7) is 3.23. The van der Waals surface area contributed by atoms with Gasteiger partial charge in [-0.1, -0.05) is 30.3 Å². The summed E-state index contributed by atoms with van der Waals surface area (Å²) in [4.78, 5) is 0. The van der Waals surface area contributed by atoms with Gasteiger partial charge in [0.15, 0.2) is 0 Å². The zero-order valence-electron chi connectivity index (χ0n) is 13.2. The lowest BCUT2D eigenvalue weighted by Gasteiger charge is -2.21. The van der Waals surface area contributed by atoms with Crippen LogP contribution < -0.4 is 10.0 Å². The number of hydrogen-bond acceptors (Lipinski definition) is 3. The summed E-state index contributed by atoms with van der Waals surface area (Å²) < 4.78 is 28.4. The first-order chi connectivity index (χ1) is 9.95. The molecule has 1 aromatic carbocycles. The van der Waals surface area contributed by atoms with Gasteiger partial charge in [-0.05, 0) is 45.3 Å². The highest BCUT2D eigenvalue weighted by molar-refractivity contribution is 7.87. The Labute approximate surface area is 128 Å². The normalized spacial score (nSPS) is 13.5. The monoisotopic (exact) mass is 313 g/mol. The molecule has 0 saturated carbocycles. The van der Waals surface area contributed by atoms with E-state index in [-0.39, 0.29) is 6.04 Å². The predicted molar refractivity (Wildman–Crippen MR) is 87.5 cm³/mol. The summed E-state index contributed by atoms with van der Waals surface area (Å²) in [5.74, 6) is 0.